The van der Waals surface area contributed by atoms with E-state index in [-0.39, 0.29) is 10.6 Å². The third-order valence-electron chi connectivity index (χ3n) is 4.44. The summed E-state index contributed by atoms with van der Waals surface area (Å²) in [5.41, 5.74) is 1.74. The first-order valence-corrected chi connectivity index (χ1v) is 10.3. The van der Waals surface area contributed by atoms with E-state index in [4.69, 9.17) is 0 Å². The maximum Gasteiger partial charge on any atom is 0.270 e. The van der Waals surface area contributed by atoms with E-state index in [9.17, 15) is 18.5 Å². The number of nitrogens with zero attached hydrogens (tertiary/aromatic N) is 1. The number of nitro benzene ring substituents is 1. The summed E-state index contributed by atoms with van der Waals surface area (Å²) in [4.78, 5) is 10.2. The van der Waals surface area contributed by atoms with Gasteiger partial charge in [-0.05, 0) is 37.1 Å². The average molecular weight is 375 g/mol. The zero-order valence-corrected chi connectivity index (χ0v) is 15.3. The first-order chi connectivity index (χ1) is 12.3. The van der Waals surface area contributed by atoms with E-state index in [2.05, 4.69) is 10.6 Å². The molecule has 1 saturated carbocycles. The molecule has 0 saturated heterocycles. The minimum Gasteiger partial charge on any atom is -0.382 e. The number of hydrogen-bond acceptors (Lipinski definition) is 6. The van der Waals surface area contributed by atoms with Crippen molar-refractivity contribution in [2.24, 2.45) is 0 Å². The molecule has 2 aromatic carbocycles. The third-order valence-corrected chi connectivity index (χ3v) is 5.58. The molecule has 2 aromatic rings. The van der Waals surface area contributed by atoms with Gasteiger partial charge in [-0.25, -0.2) is 8.42 Å². The molecular formula is C18H21N3O4S. The maximum atomic E-state index is 12.0. The lowest BCUT2D eigenvalue weighted by atomic mass is 10.2. The third kappa shape index (κ3) is 4.32. The minimum absolute atomic E-state index is 0.0964. The van der Waals surface area contributed by atoms with Gasteiger partial charge >= 0.3 is 0 Å². The Morgan fingerprint density at radius 1 is 1.08 bits per heavy atom. The highest BCUT2D eigenvalue weighted by molar-refractivity contribution is 7.90. The van der Waals surface area contributed by atoms with Gasteiger partial charge < -0.3 is 10.6 Å². The first kappa shape index (κ1) is 18.2. The second kappa shape index (κ2) is 7.33. The number of non-ortho nitro benzene ring substituents is 1. The summed E-state index contributed by atoms with van der Waals surface area (Å²) in [6, 6.07) is 11.8. The van der Waals surface area contributed by atoms with Crippen molar-refractivity contribution in [3.63, 3.8) is 0 Å². The highest BCUT2D eigenvalue weighted by atomic mass is 32.2. The van der Waals surface area contributed by atoms with Crippen LogP contribution < -0.4 is 10.6 Å². The van der Waals surface area contributed by atoms with Crippen molar-refractivity contribution >= 4 is 32.6 Å². The number of nitro groups is 1. The van der Waals surface area contributed by atoms with Gasteiger partial charge in [0.05, 0.1) is 15.5 Å². The van der Waals surface area contributed by atoms with E-state index in [1.54, 1.807) is 0 Å². The van der Waals surface area contributed by atoms with Crippen LogP contribution in [0.4, 0.5) is 22.7 Å². The molecule has 8 heteroatoms. The lowest BCUT2D eigenvalue weighted by Crippen LogP contribution is -2.14. The molecule has 2 N–H and O–H groups in total. The predicted molar refractivity (Wildman–Crippen MR) is 102 cm³/mol. The van der Waals surface area contributed by atoms with Crippen LogP contribution in [-0.4, -0.2) is 25.6 Å². The Bertz CT molecular complexity index is 922. The van der Waals surface area contributed by atoms with Gasteiger partial charge in [-0.3, -0.25) is 10.1 Å². The van der Waals surface area contributed by atoms with Gasteiger partial charge in [0.15, 0.2) is 9.84 Å². The van der Waals surface area contributed by atoms with Crippen LogP contribution in [-0.2, 0) is 9.84 Å². The molecule has 0 atom stereocenters. The number of benzene rings is 2. The van der Waals surface area contributed by atoms with Gasteiger partial charge in [0, 0.05) is 35.8 Å². The summed E-state index contributed by atoms with van der Waals surface area (Å²) in [5.74, 6) is 0. The monoisotopic (exact) mass is 375 g/mol. The van der Waals surface area contributed by atoms with Gasteiger partial charge in [-0.1, -0.05) is 18.9 Å². The molecule has 0 spiro atoms. The number of anilines is 3. The van der Waals surface area contributed by atoms with Gasteiger partial charge in [-0.2, -0.15) is 0 Å². The van der Waals surface area contributed by atoms with Crippen molar-refractivity contribution in [1.82, 2.24) is 0 Å². The van der Waals surface area contributed by atoms with Crippen LogP contribution in [0, 0.1) is 10.1 Å². The van der Waals surface area contributed by atoms with Crippen LogP contribution in [0.1, 0.15) is 25.7 Å². The van der Waals surface area contributed by atoms with Gasteiger partial charge in [0.1, 0.15) is 0 Å². The summed E-state index contributed by atoms with van der Waals surface area (Å²) in [6.45, 7) is 0. The smallest absolute Gasteiger partial charge is 0.270 e. The Morgan fingerprint density at radius 2 is 1.77 bits per heavy atom. The van der Waals surface area contributed by atoms with Crippen molar-refractivity contribution in [3.05, 3.63) is 52.6 Å². The summed E-state index contributed by atoms with van der Waals surface area (Å²) in [5, 5.41) is 17.5. The van der Waals surface area contributed by atoms with Crippen LogP contribution in [0.3, 0.4) is 0 Å². The second-order valence-corrected chi connectivity index (χ2v) is 8.53. The topological polar surface area (TPSA) is 101 Å². The van der Waals surface area contributed by atoms with E-state index in [0.29, 0.717) is 17.4 Å². The Hall–Kier alpha value is -2.61. The van der Waals surface area contributed by atoms with E-state index in [1.807, 2.05) is 24.3 Å². The van der Waals surface area contributed by atoms with Crippen molar-refractivity contribution in [3.8, 4) is 0 Å². The molecule has 0 amide bonds. The fourth-order valence-corrected chi connectivity index (χ4v) is 4.04. The van der Waals surface area contributed by atoms with E-state index >= 15 is 0 Å². The van der Waals surface area contributed by atoms with E-state index in [1.165, 1.54) is 25.0 Å². The highest BCUT2D eigenvalue weighted by Gasteiger charge is 2.19. The highest BCUT2D eigenvalue weighted by Crippen LogP contribution is 2.30. The van der Waals surface area contributed by atoms with Crippen molar-refractivity contribution in [2.75, 3.05) is 16.9 Å². The van der Waals surface area contributed by atoms with Crippen LogP contribution in [0.25, 0.3) is 0 Å². The number of nitrogens with one attached hydrogen (secondary N) is 2. The molecular weight excluding hydrogens is 354 g/mol. The van der Waals surface area contributed by atoms with Crippen LogP contribution in [0.5, 0.6) is 0 Å². The van der Waals surface area contributed by atoms with Crippen LogP contribution in [0.15, 0.2) is 47.4 Å². The van der Waals surface area contributed by atoms with Crippen molar-refractivity contribution in [1.29, 1.82) is 0 Å². The lowest BCUT2D eigenvalue weighted by molar-refractivity contribution is -0.385. The summed E-state index contributed by atoms with van der Waals surface area (Å²) >= 11 is 0. The largest absolute Gasteiger partial charge is 0.382 e. The maximum absolute atomic E-state index is 12.0. The molecule has 1 aliphatic carbocycles. The zero-order chi connectivity index (χ0) is 18.7. The standard InChI is InChI=1S/C18H21N3O4S/c1-26(24,25)18-12-16(21(22)23)9-10-17(18)20-15-8-4-7-14(11-15)19-13-5-2-3-6-13/h4,7-13,19-20H,2-3,5-6H2,1H3. The number of rotatable bonds is 6. The lowest BCUT2D eigenvalue weighted by Gasteiger charge is -2.16. The van der Waals surface area contributed by atoms with Crippen LogP contribution >= 0.6 is 0 Å². The number of sulfone groups is 1. The minimum atomic E-state index is -3.62. The molecule has 0 radical (unpaired) electrons. The Labute approximate surface area is 152 Å². The van der Waals surface area contributed by atoms with Crippen molar-refractivity contribution < 1.29 is 13.3 Å². The molecule has 138 valence electrons. The van der Waals surface area contributed by atoms with Gasteiger partial charge in [0.25, 0.3) is 5.69 Å². The summed E-state index contributed by atoms with van der Waals surface area (Å²) in [7, 11) is -3.62. The molecule has 26 heavy (non-hydrogen) atoms. The zero-order valence-electron chi connectivity index (χ0n) is 14.4. The molecule has 0 unspecified atom stereocenters. The van der Waals surface area contributed by atoms with Gasteiger partial charge in [0.2, 0.25) is 0 Å². The molecule has 0 heterocycles. The normalized spacial score (nSPS) is 15.0. The first-order valence-electron chi connectivity index (χ1n) is 8.45. The fourth-order valence-electron chi connectivity index (χ4n) is 3.18. The van der Waals surface area contributed by atoms with E-state index in [0.717, 1.165) is 30.9 Å². The average Bonchev–Trinajstić information content (AvgIpc) is 3.07. The Balaban J connectivity index is 1.87. The number of hydrogen-bond donors (Lipinski definition) is 2. The molecule has 0 aliphatic heterocycles. The van der Waals surface area contributed by atoms with Crippen LogP contribution in [0.2, 0.25) is 0 Å². The molecule has 1 aliphatic rings. The quantitative estimate of drug-likeness (QED) is 0.582. The molecule has 3 rings (SSSR count). The molecule has 0 aromatic heterocycles. The Morgan fingerprint density at radius 3 is 2.42 bits per heavy atom. The molecule has 7 nitrogen and oxygen atoms in total. The molecule has 0 bridgehead atoms. The summed E-state index contributed by atoms with van der Waals surface area (Å²) < 4.78 is 24.1. The second-order valence-electron chi connectivity index (χ2n) is 6.54. The van der Waals surface area contributed by atoms with Gasteiger partial charge in [-0.15, -0.1) is 0 Å². The predicted octanol–water partition coefficient (Wildman–Crippen LogP) is 4.10. The van der Waals surface area contributed by atoms with E-state index < -0.39 is 14.8 Å². The SMILES string of the molecule is CS(=O)(=O)c1cc([N+](=O)[O-])ccc1Nc1cccc(NC2CCCC2)c1. The van der Waals surface area contributed by atoms with Crippen molar-refractivity contribution in [2.45, 2.75) is 36.6 Å². The Kier molecular flexibility index (Phi) is 5.13. The molecule has 1 fully saturated rings. The fraction of sp³-hybridized carbons (Fsp3) is 0.333. The summed E-state index contributed by atoms with van der Waals surface area (Å²) in [6.07, 6.45) is 5.80.